The summed E-state index contributed by atoms with van der Waals surface area (Å²) in [5, 5.41) is 14.9. The van der Waals surface area contributed by atoms with E-state index in [2.05, 4.69) is 5.10 Å². The Bertz CT molecular complexity index is 425. The minimum Gasteiger partial charge on any atom is -0.364 e. The van der Waals surface area contributed by atoms with Crippen molar-refractivity contribution in [1.29, 1.82) is 0 Å². The number of amides is 1. The Hall–Kier alpha value is -1.92. The van der Waals surface area contributed by atoms with E-state index in [1.165, 1.54) is 4.68 Å². The minimum atomic E-state index is -0.813. The van der Waals surface area contributed by atoms with Gasteiger partial charge in [-0.05, 0) is 12.8 Å². The van der Waals surface area contributed by atoms with Crippen LogP contribution < -0.4 is 5.73 Å². The van der Waals surface area contributed by atoms with Gasteiger partial charge >= 0.3 is 5.69 Å². The molecule has 1 heterocycles. The fraction of sp³-hybridized carbons (Fsp3) is 0.556. The molecule has 1 amide bonds. The van der Waals surface area contributed by atoms with Gasteiger partial charge in [0.2, 0.25) is 5.69 Å². The molecule has 0 fully saturated rings. The van der Waals surface area contributed by atoms with Crippen LogP contribution in [0, 0.1) is 10.1 Å². The number of carbonyl (C=O) groups is 1. The molecular formula is C9H14N4O3. The first-order valence-electron chi connectivity index (χ1n) is 5.06. The van der Waals surface area contributed by atoms with Gasteiger partial charge in [0.25, 0.3) is 5.91 Å². The molecule has 0 aromatic carbocycles. The molecule has 2 N–H and O–H groups in total. The van der Waals surface area contributed by atoms with Gasteiger partial charge in [-0.1, -0.05) is 13.8 Å². The Kier molecular flexibility index (Phi) is 3.60. The van der Waals surface area contributed by atoms with Crippen molar-refractivity contribution in [1.82, 2.24) is 9.78 Å². The first-order valence-corrected chi connectivity index (χ1v) is 5.06. The van der Waals surface area contributed by atoms with Crippen molar-refractivity contribution in [3.8, 4) is 0 Å². The summed E-state index contributed by atoms with van der Waals surface area (Å²) in [6.07, 6.45) is 1.12. The van der Waals surface area contributed by atoms with Crippen molar-refractivity contribution in [2.45, 2.75) is 33.2 Å². The number of carbonyl (C=O) groups excluding carboxylic acids is 1. The Morgan fingerprint density at radius 1 is 1.56 bits per heavy atom. The molecule has 0 unspecified atom stereocenters. The van der Waals surface area contributed by atoms with Gasteiger partial charge < -0.3 is 5.73 Å². The number of primary amides is 1. The molecular weight excluding hydrogens is 212 g/mol. The second kappa shape index (κ2) is 4.73. The number of nitrogens with zero attached hydrogens (tertiary/aromatic N) is 3. The van der Waals surface area contributed by atoms with Crippen LogP contribution in [0.5, 0.6) is 0 Å². The van der Waals surface area contributed by atoms with Gasteiger partial charge in [-0.3, -0.25) is 19.6 Å². The van der Waals surface area contributed by atoms with Gasteiger partial charge in [-0.2, -0.15) is 5.10 Å². The third kappa shape index (κ3) is 2.02. The van der Waals surface area contributed by atoms with E-state index in [9.17, 15) is 14.9 Å². The monoisotopic (exact) mass is 226 g/mol. The number of rotatable bonds is 5. The SMILES string of the molecule is CCCn1nc(CC)c([N+](=O)[O-])c1C(N)=O. The van der Waals surface area contributed by atoms with Crippen molar-refractivity contribution in [2.75, 3.05) is 0 Å². The van der Waals surface area contributed by atoms with E-state index in [4.69, 9.17) is 5.73 Å². The second-order valence-electron chi connectivity index (χ2n) is 3.34. The third-order valence-corrected chi connectivity index (χ3v) is 2.18. The molecule has 7 nitrogen and oxygen atoms in total. The number of nitro groups is 1. The van der Waals surface area contributed by atoms with Crippen LogP contribution in [0.2, 0.25) is 0 Å². The average molecular weight is 226 g/mol. The van der Waals surface area contributed by atoms with Crippen LogP contribution in [0.3, 0.4) is 0 Å². The lowest BCUT2D eigenvalue weighted by Gasteiger charge is -2.00. The van der Waals surface area contributed by atoms with E-state index in [1.807, 2.05) is 6.92 Å². The van der Waals surface area contributed by atoms with Gasteiger partial charge in [0, 0.05) is 6.54 Å². The predicted octanol–water partition coefficient (Wildman–Crippen LogP) is 0.863. The van der Waals surface area contributed by atoms with Crippen molar-refractivity contribution in [3.05, 3.63) is 21.5 Å². The topological polar surface area (TPSA) is 104 Å². The van der Waals surface area contributed by atoms with Gasteiger partial charge in [0.15, 0.2) is 0 Å². The van der Waals surface area contributed by atoms with E-state index in [0.717, 1.165) is 6.42 Å². The Balaban J connectivity index is 3.41. The van der Waals surface area contributed by atoms with Crippen LogP contribution in [0.15, 0.2) is 0 Å². The van der Waals surface area contributed by atoms with E-state index in [-0.39, 0.29) is 11.4 Å². The van der Waals surface area contributed by atoms with Crippen LogP contribution in [0.4, 0.5) is 5.69 Å². The van der Waals surface area contributed by atoms with Crippen molar-refractivity contribution < 1.29 is 9.72 Å². The summed E-state index contributed by atoms with van der Waals surface area (Å²) in [6, 6.07) is 0. The summed E-state index contributed by atoms with van der Waals surface area (Å²) in [6.45, 7) is 4.08. The van der Waals surface area contributed by atoms with Crippen molar-refractivity contribution in [3.63, 3.8) is 0 Å². The molecule has 0 atom stereocenters. The molecule has 1 aromatic rings. The van der Waals surface area contributed by atoms with Gasteiger partial charge in [0.05, 0.1) is 4.92 Å². The van der Waals surface area contributed by atoms with Crippen LogP contribution in [-0.2, 0) is 13.0 Å². The van der Waals surface area contributed by atoms with E-state index >= 15 is 0 Å². The Morgan fingerprint density at radius 3 is 2.56 bits per heavy atom. The lowest BCUT2D eigenvalue weighted by Crippen LogP contribution is -2.19. The fourth-order valence-corrected chi connectivity index (χ4v) is 1.55. The molecule has 88 valence electrons. The summed E-state index contributed by atoms with van der Waals surface area (Å²) in [4.78, 5) is 21.5. The maximum absolute atomic E-state index is 11.2. The standard InChI is InChI=1S/C9H14N4O3/c1-3-5-12-8(9(10)14)7(13(15)16)6(4-2)11-12/h3-5H2,1-2H3,(H2,10,14). The van der Waals surface area contributed by atoms with Crippen LogP contribution in [0.1, 0.15) is 36.5 Å². The normalized spacial score (nSPS) is 10.4. The zero-order valence-corrected chi connectivity index (χ0v) is 9.27. The average Bonchev–Trinajstić information content (AvgIpc) is 2.57. The Labute approximate surface area is 92.4 Å². The summed E-state index contributed by atoms with van der Waals surface area (Å²) in [5.74, 6) is -0.813. The molecule has 0 bridgehead atoms. The van der Waals surface area contributed by atoms with Gasteiger partial charge in [0.1, 0.15) is 5.69 Å². The quantitative estimate of drug-likeness (QED) is 0.593. The number of hydrogen-bond donors (Lipinski definition) is 1. The number of nitrogens with two attached hydrogens (primary N) is 1. The molecule has 0 saturated heterocycles. The maximum atomic E-state index is 11.2. The van der Waals surface area contributed by atoms with Gasteiger partial charge in [-0.25, -0.2) is 0 Å². The van der Waals surface area contributed by atoms with Crippen LogP contribution >= 0.6 is 0 Å². The largest absolute Gasteiger partial charge is 0.364 e. The lowest BCUT2D eigenvalue weighted by atomic mass is 10.2. The second-order valence-corrected chi connectivity index (χ2v) is 3.34. The molecule has 16 heavy (non-hydrogen) atoms. The molecule has 0 aliphatic carbocycles. The summed E-state index contributed by atoms with van der Waals surface area (Å²) < 4.78 is 1.32. The van der Waals surface area contributed by atoms with Crippen LogP contribution in [-0.4, -0.2) is 20.6 Å². The zero-order valence-electron chi connectivity index (χ0n) is 9.27. The highest BCUT2D eigenvalue weighted by molar-refractivity contribution is 5.95. The highest BCUT2D eigenvalue weighted by atomic mass is 16.6. The summed E-state index contributed by atoms with van der Waals surface area (Å²) in [7, 11) is 0. The summed E-state index contributed by atoms with van der Waals surface area (Å²) >= 11 is 0. The lowest BCUT2D eigenvalue weighted by molar-refractivity contribution is -0.385. The molecule has 0 saturated carbocycles. The summed E-state index contributed by atoms with van der Waals surface area (Å²) in [5.41, 5.74) is 5.08. The highest BCUT2D eigenvalue weighted by Crippen LogP contribution is 2.23. The molecule has 0 aliphatic rings. The van der Waals surface area contributed by atoms with Crippen molar-refractivity contribution in [2.24, 2.45) is 5.73 Å². The predicted molar refractivity (Wildman–Crippen MR) is 57.1 cm³/mol. The Morgan fingerprint density at radius 2 is 2.19 bits per heavy atom. The molecule has 0 aliphatic heterocycles. The maximum Gasteiger partial charge on any atom is 0.323 e. The molecule has 1 aromatic heterocycles. The zero-order chi connectivity index (χ0) is 12.3. The molecule has 0 radical (unpaired) electrons. The van der Waals surface area contributed by atoms with E-state index < -0.39 is 10.8 Å². The number of aromatic nitrogens is 2. The van der Waals surface area contributed by atoms with E-state index in [0.29, 0.717) is 18.7 Å². The van der Waals surface area contributed by atoms with Crippen molar-refractivity contribution >= 4 is 11.6 Å². The highest BCUT2D eigenvalue weighted by Gasteiger charge is 2.29. The third-order valence-electron chi connectivity index (χ3n) is 2.18. The van der Waals surface area contributed by atoms with Crippen LogP contribution in [0.25, 0.3) is 0 Å². The molecule has 7 heteroatoms. The number of aryl methyl sites for hydroxylation is 2. The van der Waals surface area contributed by atoms with Gasteiger partial charge in [-0.15, -0.1) is 0 Å². The molecule has 0 spiro atoms. The van der Waals surface area contributed by atoms with E-state index in [1.54, 1.807) is 6.92 Å². The number of hydrogen-bond acceptors (Lipinski definition) is 4. The first kappa shape index (κ1) is 12.2. The minimum absolute atomic E-state index is 0.108. The smallest absolute Gasteiger partial charge is 0.323 e. The fourth-order valence-electron chi connectivity index (χ4n) is 1.55. The first-order chi connectivity index (χ1) is 7.52. The molecule has 1 rings (SSSR count).